The van der Waals surface area contributed by atoms with E-state index in [4.69, 9.17) is 11.6 Å². The molecular weight excluding hydrogens is 510 g/mol. The third-order valence-corrected chi connectivity index (χ3v) is 7.17. The zero-order valence-electron chi connectivity index (χ0n) is 18.2. The molecule has 4 nitrogen and oxygen atoms in total. The summed E-state index contributed by atoms with van der Waals surface area (Å²) >= 11 is 9.21. The molecular formula is C23H18ClF4N3OS2. The van der Waals surface area contributed by atoms with E-state index >= 15 is 0 Å². The molecule has 0 N–H and O–H groups in total. The van der Waals surface area contributed by atoms with E-state index in [0.29, 0.717) is 27.6 Å². The fourth-order valence-electron chi connectivity index (χ4n) is 3.24. The predicted molar refractivity (Wildman–Crippen MR) is 127 cm³/mol. The van der Waals surface area contributed by atoms with Gasteiger partial charge in [-0.05, 0) is 42.8 Å². The third-order valence-electron chi connectivity index (χ3n) is 4.58. The largest absolute Gasteiger partial charge is 0.573 e. The number of nitrogens with zero attached hydrogens (tertiary/aromatic N) is 3. The number of thiazole rings is 1. The highest BCUT2D eigenvalue weighted by Crippen LogP contribution is 2.43. The molecule has 11 heteroatoms. The van der Waals surface area contributed by atoms with Gasteiger partial charge in [0.25, 0.3) is 0 Å². The Bertz CT molecular complexity index is 1330. The fraction of sp³-hybridized carbons (Fsp3) is 0.217. The molecule has 0 amide bonds. The summed E-state index contributed by atoms with van der Waals surface area (Å²) in [4.78, 5) is 4.67. The molecule has 0 bridgehead atoms. The first-order chi connectivity index (χ1) is 16.0. The van der Waals surface area contributed by atoms with E-state index < -0.39 is 6.36 Å². The van der Waals surface area contributed by atoms with Crippen molar-refractivity contribution in [3.05, 3.63) is 65.2 Å². The summed E-state index contributed by atoms with van der Waals surface area (Å²) in [7, 11) is 0. The van der Waals surface area contributed by atoms with Crippen LogP contribution >= 0.6 is 34.7 Å². The topological polar surface area (TPSA) is 39.9 Å². The summed E-state index contributed by atoms with van der Waals surface area (Å²) in [5, 5.41) is 5.46. The first-order valence-electron chi connectivity index (χ1n) is 10.1. The zero-order valence-corrected chi connectivity index (χ0v) is 20.5. The quantitative estimate of drug-likeness (QED) is 0.187. The van der Waals surface area contributed by atoms with E-state index in [2.05, 4.69) is 14.8 Å². The van der Waals surface area contributed by atoms with Crippen molar-refractivity contribution in [3.63, 3.8) is 0 Å². The second kappa shape index (κ2) is 9.59. The Balaban J connectivity index is 1.79. The number of thioether (sulfide) groups is 1. The van der Waals surface area contributed by atoms with Crippen LogP contribution in [0.1, 0.15) is 19.5 Å². The lowest BCUT2D eigenvalue weighted by Gasteiger charge is -2.11. The summed E-state index contributed by atoms with van der Waals surface area (Å²) in [5.41, 5.74) is 2.87. The molecule has 4 aromatic rings. The predicted octanol–water partition coefficient (Wildman–Crippen LogP) is 8.16. The molecule has 0 saturated carbocycles. The maximum absolute atomic E-state index is 13.7. The van der Waals surface area contributed by atoms with Gasteiger partial charge >= 0.3 is 6.36 Å². The van der Waals surface area contributed by atoms with Crippen molar-refractivity contribution in [2.45, 2.75) is 36.6 Å². The number of aryl methyl sites for hydroxylation is 1. The van der Waals surface area contributed by atoms with Gasteiger partial charge in [0, 0.05) is 22.6 Å². The number of hydrogen-bond donors (Lipinski definition) is 0. The van der Waals surface area contributed by atoms with Gasteiger partial charge in [0.15, 0.2) is 0 Å². The van der Waals surface area contributed by atoms with Crippen LogP contribution in [0, 0.1) is 12.7 Å². The van der Waals surface area contributed by atoms with E-state index in [1.807, 2.05) is 20.8 Å². The first-order valence-corrected chi connectivity index (χ1v) is 12.1. The molecule has 4 rings (SSSR count). The number of aromatic nitrogens is 3. The van der Waals surface area contributed by atoms with Gasteiger partial charge in [0.05, 0.1) is 20.6 Å². The number of benzene rings is 2. The molecule has 2 aromatic heterocycles. The van der Waals surface area contributed by atoms with Crippen LogP contribution in [0.15, 0.2) is 52.9 Å². The lowest BCUT2D eigenvalue weighted by Crippen LogP contribution is -2.17. The molecule has 0 aliphatic rings. The molecule has 34 heavy (non-hydrogen) atoms. The van der Waals surface area contributed by atoms with Crippen molar-refractivity contribution in [2.24, 2.45) is 0 Å². The van der Waals surface area contributed by atoms with Crippen molar-refractivity contribution in [1.29, 1.82) is 0 Å². The number of halogens is 5. The monoisotopic (exact) mass is 527 g/mol. The number of hydrogen-bond acceptors (Lipinski definition) is 5. The van der Waals surface area contributed by atoms with Crippen molar-refractivity contribution in [3.8, 4) is 33.3 Å². The highest BCUT2D eigenvalue weighted by atomic mass is 35.5. The van der Waals surface area contributed by atoms with Gasteiger partial charge in [-0.25, -0.2) is 14.1 Å². The van der Waals surface area contributed by atoms with Gasteiger partial charge in [0.2, 0.25) is 5.13 Å². The highest BCUT2D eigenvalue weighted by molar-refractivity contribution is 8.01. The van der Waals surface area contributed by atoms with Crippen LogP contribution in [-0.2, 0) is 0 Å². The van der Waals surface area contributed by atoms with Gasteiger partial charge in [-0.3, -0.25) is 0 Å². The number of ether oxygens (including phenoxy) is 1. The Morgan fingerprint density at radius 2 is 1.88 bits per heavy atom. The van der Waals surface area contributed by atoms with Gasteiger partial charge in [0.1, 0.15) is 11.6 Å². The minimum absolute atomic E-state index is 0.183. The van der Waals surface area contributed by atoms with Crippen LogP contribution in [-0.4, -0.2) is 26.4 Å². The highest BCUT2D eigenvalue weighted by Gasteiger charge is 2.31. The van der Waals surface area contributed by atoms with Gasteiger partial charge in [-0.1, -0.05) is 48.9 Å². The molecule has 178 valence electrons. The van der Waals surface area contributed by atoms with Crippen LogP contribution in [0.3, 0.4) is 0 Å². The smallest absolute Gasteiger partial charge is 0.406 e. The van der Waals surface area contributed by atoms with Crippen LogP contribution < -0.4 is 4.74 Å². The molecule has 0 radical (unpaired) electrons. The van der Waals surface area contributed by atoms with E-state index in [1.165, 1.54) is 47.4 Å². The Hall–Kier alpha value is -2.56. The van der Waals surface area contributed by atoms with Crippen molar-refractivity contribution < 1.29 is 22.3 Å². The minimum Gasteiger partial charge on any atom is -0.406 e. The maximum Gasteiger partial charge on any atom is 0.573 e. The summed E-state index contributed by atoms with van der Waals surface area (Å²) in [6.07, 6.45) is -3.07. The molecule has 0 spiro atoms. The summed E-state index contributed by atoms with van der Waals surface area (Å²) < 4.78 is 58.4. The first kappa shape index (κ1) is 24.6. The molecule has 0 unspecified atom stereocenters. The summed E-state index contributed by atoms with van der Waals surface area (Å²) in [6, 6.07) is 9.94. The van der Waals surface area contributed by atoms with Crippen molar-refractivity contribution in [2.75, 3.05) is 0 Å². The Labute approximate surface area is 206 Å². The van der Waals surface area contributed by atoms with Gasteiger partial charge < -0.3 is 4.74 Å². The third kappa shape index (κ3) is 5.56. The van der Waals surface area contributed by atoms with E-state index in [-0.39, 0.29) is 21.8 Å². The minimum atomic E-state index is -4.83. The SMILES string of the molecule is Cc1nn(-c2nc(-c3cc(OC(F)(F)F)ccc3Cl)c(SC(C)C)s2)cc1-c1cccc(F)c1. The van der Waals surface area contributed by atoms with Crippen molar-refractivity contribution in [1.82, 2.24) is 14.8 Å². The lowest BCUT2D eigenvalue weighted by atomic mass is 10.1. The van der Waals surface area contributed by atoms with Gasteiger partial charge in [-0.2, -0.15) is 5.10 Å². The summed E-state index contributed by atoms with van der Waals surface area (Å²) in [6.45, 7) is 5.81. The average Bonchev–Trinajstić information content (AvgIpc) is 3.31. The molecule has 2 aromatic carbocycles. The Morgan fingerprint density at radius 3 is 2.56 bits per heavy atom. The molecule has 0 aliphatic heterocycles. The molecule has 0 atom stereocenters. The zero-order chi connectivity index (χ0) is 24.6. The lowest BCUT2D eigenvalue weighted by molar-refractivity contribution is -0.274. The van der Waals surface area contributed by atoms with Crippen LogP contribution in [0.5, 0.6) is 5.75 Å². The van der Waals surface area contributed by atoms with E-state index in [1.54, 1.807) is 23.0 Å². The average molecular weight is 528 g/mol. The van der Waals surface area contributed by atoms with Crippen LogP contribution in [0.2, 0.25) is 5.02 Å². The standard InChI is InChI=1S/C23H18ClF4N3OS2/c1-12(2)33-21-20(17-10-16(7-8-19(17)24)32-23(26,27)28)29-22(34-21)31-11-18(13(3)30-31)14-5-4-6-15(25)9-14/h4-12H,1-3H3. The second-order valence-corrected chi connectivity index (χ2v) is 10.8. The molecule has 0 aliphatic carbocycles. The van der Waals surface area contributed by atoms with Crippen LogP contribution in [0.25, 0.3) is 27.5 Å². The molecule has 0 saturated heterocycles. The number of rotatable bonds is 6. The van der Waals surface area contributed by atoms with Gasteiger partial charge in [-0.15, -0.1) is 24.9 Å². The Kier molecular flexibility index (Phi) is 6.93. The maximum atomic E-state index is 13.7. The second-order valence-electron chi connectivity index (χ2n) is 7.57. The number of alkyl halides is 3. The fourth-order valence-corrected chi connectivity index (χ4v) is 5.88. The van der Waals surface area contributed by atoms with E-state index in [0.717, 1.165) is 15.8 Å². The molecule has 0 fully saturated rings. The van der Waals surface area contributed by atoms with Crippen LogP contribution in [0.4, 0.5) is 17.6 Å². The summed E-state index contributed by atoms with van der Waals surface area (Å²) in [5.74, 6) is -0.738. The normalized spacial score (nSPS) is 11.9. The van der Waals surface area contributed by atoms with Crippen molar-refractivity contribution >= 4 is 34.7 Å². The van der Waals surface area contributed by atoms with E-state index in [9.17, 15) is 17.6 Å². The Morgan fingerprint density at radius 1 is 1.12 bits per heavy atom. The molecule has 2 heterocycles.